The van der Waals surface area contributed by atoms with Gasteiger partial charge >= 0.3 is 0 Å². The second kappa shape index (κ2) is 5.79. The molecule has 0 amide bonds. The van der Waals surface area contributed by atoms with Gasteiger partial charge in [0.15, 0.2) is 0 Å². The van der Waals surface area contributed by atoms with E-state index in [1.54, 1.807) is 16.7 Å². The molecular formula is C15H10N2O2S4. The zero-order valence-corrected chi connectivity index (χ0v) is 14.9. The maximum atomic E-state index is 12.6. The Bertz CT molecular complexity index is 1030. The summed E-state index contributed by atoms with van der Waals surface area (Å²) < 4.78 is 26.2. The number of hydrogen-bond acceptors (Lipinski definition) is 7. The van der Waals surface area contributed by atoms with Crippen LogP contribution in [0.3, 0.4) is 0 Å². The van der Waals surface area contributed by atoms with Crippen molar-refractivity contribution in [2.24, 2.45) is 0 Å². The summed E-state index contributed by atoms with van der Waals surface area (Å²) in [5.74, 6) is -0.116. The molecule has 8 heteroatoms. The van der Waals surface area contributed by atoms with Gasteiger partial charge in [-0.05, 0) is 23.6 Å². The molecule has 0 radical (unpaired) electrons. The molecule has 0 unspecified atom stereocenters. The average molecular weight is 379 g/mol. The van der Waals surface area contributed by atoms with Crippen LogP contribution < -0.4 is 0 Å². The number of nitrogens with zero attached hydrogens (tertiary/aromatic N) is 2. The van der Waals surface area contributed by atoms with E-state index in [0.29, 0.717) is 11.2 Å². The van der Waals surface area contributed by atoms with Gasteiger partial charge in [-0.3, -0.25) is 0 Å². The van der Waals surface area contributed by atoms with Crippen LogP contribution >= 0.6 is 34.0 Å². The minimum Gasteiger partial charge on any atom is -0.239 e. The van der Waals surface area contributed by atoms with Gasteiger partial charge in [0.25, 0.3) is 0 Å². The number of thiazole rings is 2. The van der Waals surface area contributed by atoms with E-state index in [9.17, 15) is 8.42 Å². The van der Waals surface area contributed by atoms with Crippen LogP contribution in [-0.4, -0.2) is 18.4 Å². The average Bonchev–Trinajstić information content (AvgIpc) is 3.26. The van der Waals surface area contributed by atoms with Crippen molar-refractivity contribution in [1.29, 1.82) is 0 Å². The molecule has 3 aromatic heterocycles. The molecule has 0 saturated carbocycles. The Morgan fingerprint density at radius 1 is 1.00 bits per heavy atom. The Morgan fingerprint density at radius 3 is 2.65 bits per heavy atom. The Balaban J connectivity index is 1.64. The van der Waals surface area contributed by atoms with Crippen LogP contribution in [0, 0.1) is 0 Å². The predicted octanol–water partition coefficient (Wildman–Crippen LogP) is 4.46. The summed E-state index contributed by atoms with van der Waals surface area (Å²) in [5.41, 5.74) is 1.28. The predicted molar refractivity (Wildman–Crippen MR) is 95.9 cm³/mol. The maximum absolute atomic E-state index is 12.6. The molecule has 3 heterocycles. The number of para-hydroxylation sites is 1. The lowest BCUT2D eigenvalue weighted by molar-refractivity contribution is 0.594. The van der Waals surface area contributed by atoms with Gasteiger partial charge in [-0.15, -0.1) is 34.0 Å². The summed E-state index contributed by atoms with van der Waals surface area (Å²) in [6.07, 6.45) is 0. The molecule has 0 spiro atoms. The van der Waals surface area contributed by atoms with Gasteiger partial charge in [0, 0.05) is 5.38 Å². The third-order valence-electron chi connectivity index (χ3n) is 3.16. The summed E-state index contributed by atoms with van der Waals surface area (Å²) in [5, 5.41) is 4.64. The van der Waals surface area contributed by atoms with Crippen LogP contribution in [-0.2, 0) is 15.6 Å². The molecule has 0 bridgehead atoms. The lowest BCUT2D eigenvalue weighted by atomic mass is 10.3. The van der Waals surface area contributed by atoms with Gasteiger partial charge in [0.1, 0.15) is 10.8 Å². The smallest absolute Gasteiger partial charge is 0.211 e. The summed E-state index contributed by atoms with van der Waals surface area (Å²) in [6.45, 7) is 0. The highest BCUT2D eigenvalue weighted by Crippen LogP contribution is 2.30. The first-order valence-corrected chi connectivity index (χ1v) is 10.9. The molecule has 0 fully saturated rings. The fourth-order valence-electron chi connectivity index (χ4n) is 2.13. The number of fused-ring (bicyclic) bond motifs is 1. The van der Waals surface area contributed by atoms with Crippen LogP contribution in [0.15, 0.2) is 51.5 Å². The van der Waals surface area contributed by atoms with E-state index >= 15 is 0 Å². The highest BCUT2D eigenvalue weighted by Gasteiger charge is 2.22. The molecule has 4 nitrogen and oxygen atoms in total. The fourth-order valence-corrected chi connectivity index (χ4v) is 6.42. The summed E-state index contributed by atoms with van der Waals surface area (Å²) in [7, 11) is -3.48. The van der Waals surface area contributed by atoms with Gasteiger partial charge in [-0.1, -0.05) is 18.2 Å². The maximum Gasteiger partial charge on any atom is 0.211 e. The highest BCUT2D eigenvalue weighted by atomic mass is 32.2. The van der Waals surface area contributed by atoms with Crippen LogP contribution in [0.4, 0.5) is 0 Å². The van der Waals surface area contributed by atoms with Gasteiger partial charge < -0.3 is 0 Å². The molecule has 0 saturated heterocycles. The number of hydrogen-bond donors (Lipinski definition) is 0. The molecule has 0 aliphatic rings. The van der Waals surface area contributed by atoms with Crippen LogP contribution in [0.2, 0.25) is 0 Å². The van der Waals surface area contributed by atoms with Crippen molar-refractivity contribution in [3.05, 3.63) is 52.9 Å². The molecule has 0 N–H and O–H groups in total. The first kappa shape index (κ1) is 14.9. The number of thiophene rings is 1. The van der Waals surface area contributed by atoms with Crippen molar-refractivity contribution in [1.82, 2.24) is 9.97 Å². The molecule has 4 aromatic rings. The second-order valence-corrected chi connectivity index (χ2v) is 9.83. The monoisotopic (exact) mass is 378 g/mol. The molecule has 116 valence electrons. The summed E-state index contributed by atoms with van der Waals surface area (Å²) >= 11 is 4.27. The van der Waals surface area contributed by atoms with Gasteiger partial charge in [0.2, 0.25) is 14.2 Å². The van der Waals surface area contributed by atoms with E-state index in [0.717, 1.165) is 14.6 Å². The zero-order chi connectivity index (χ0) is 15.9. The quantitative estimate of drug-likeness (QED) is 0.526. The van der Waals surface area contributed by atoms with Crippen molar-refractivity contribution in [2.75, 3.05) is 0 Å². The Labute approximate surface area is 145 Å². The standard InChI is InChI=1S/C15H10N2O2S4/c18-23(19,15-17-11-4-1-2-5-12(11)22-15)9-10-8-21-14(16-10)13-6-3-7-20-13/h1-8H,9H2. The van der Waals surface area contributed by atoms with Crippen molar-refractivity contribution in [3.8, 4) is 9.88 Å². The SMILES string of the molecule is O=S(=O)(Cc1csc(-c2cccs2)n1)c1nc2ccccc2s1. The molecule has 0 aliphatic heterocycles. The van der Waals surface area contributed by atoms with Crippen molar-refractivity contribution in [2.45, 2.75) is 10.1 Å². The number of rotatable bonds is 4. The molecule has 1 aromatic carbocycles. The summed E-state index contributed by atoms with van der Waals surface area (Å²) in [6, 6.07) is 11.4. The van der Waals surface area contributed by atoms with E-state index in [4.69, 9.17) is 0 Å². The zero-order valence-electron chi connectivity index (χ0n) is 11.7. The third kappa shape index (κ3) is 2.94. The second-order valence-electron chi connectivity index (χ2n) is 4.83. The topological polar surface area (TPSA) is 59.9 Å². The van der Waals surface area contributed by atoms with Crippen molar-refractivity contribution in [3.63, 3.8) is 0 Å². The van der Waals surface area contributed by atoms with Crippen molar-refractivity contribution >= 4 is 54.1 Å². The van der Waals surface area contributed by atoms with Gasteiger partial charge in [0.05, 0.1) is 20.8 Å². The van der Waals surface area contributed by atoms with E-state index in [1.807, 2.05) is 41.8 Å². The van der Waals surface area contributed by atoms with Crippen LogP contribution in [0.5, 0.6) is 0 Å². The van der Waals surface area contributed by atoms with Crippen molar-refractivity contribution < 1.29 is 8.42 Å². The third-order valence-corrected chi connectivity index (χ3v) is 8.23. The van der Waals surface area contributed by atoms with E-state index < -0.39 is 9.84 Å². The Morgan fingerprint density at radius 2 is 1.87 bits per heavy atom. The normalized spacial score (nSPS) is 12.0. The fraction of sp³-hybridized carbons (Fsp3) is 0.0667. The Hall–Kier alpha value is -1.61. The first-order valence-electron chi connectivity index (χ1n) is 6.68. The number of sulfone groups is 1. The minimum atomic E-state index is -3.48. The lowest BCUT2D eigenvalue weighted by Crippen LogP contribution is -2.04. The van der Waals surface area contributed by atoms with E-state index in [2.05, 4.69) is 9.97 Å². The van der Waals surface area contributed by atoms with Crippen LogP contribution in [0.25, 0.3) is 20.1 Å². The molecule has 4 rings (SSSR count). The minimum absolute atomic E-state index is 0.116. The van der Waals surface area contributed by atoms with Gasteiger partial charge in [-0.25, -0.2) is 18.4 Å². The molecular weight excluding hydrogens is 368 g/mol. The number of aromatic nitrogens is 2. The van der Waals surface area contributed by atoms with E-state index in [1.165, 1.54) is 22.7 Å². The van der Waals surface area contributed by atoms with Gasteiger partial charge in [-0.2, -0.15) is 0 Å². The molecule has 0 atom stereocenters. The molecule has 0 aliphatic carbocycles. The number of benzene rings is 1. The van der Waals surface area contributed by atoms with Crippen LogP contribution in [0.1, 0.15) is 5.69 Å². The lowest BCUT2D eigenvalue weighted by Gasteiger charge is -1.97. The highest BCUT2D eigenvalue weighted by molar-refractivity contribution is 7.92. The van der Waals surface area contributed by atoms with E-state index in [-0.39, 0.29) is 10.1 Å². The first-order chi connectivity index (χ1) is 11.1. The largest absolute Gasteiger partial charge is 0.239 e. The Kier molecular flexibility index (Phi) is 3.76. The summed E-state index contributed by atoms with van der Waals surface area (Å²) in [4.78, 5) is 9.74. The molecule has 23 heavy (non-hydrogen) atoms.